The molecule has 1 saturated heterocycles. The average molecular weight is 173 g/mol. The summed E-state index contributed by atoms with van der Waals surface area (Å²) in [5, 5.41) is 0.457. The monoisotopic (exact) mass is 173 g/mol. The summed E-state index contributed by atoms with van der Waals surface area (Å²) in [6, 6.07) is 0. The van der Waals surface area contributed by atoms with Gasteiger partial charge in [0.15, 0.2) is 0 Å². The fourth-order valence-electron chi connectivity index (χ4n) is 1.73. The maximum atomic E-state index is 4.38. The van der Waals surface area contributed by atoms with Crippen LogP contribution in [0.4, 0.5) is 0 Å². The van der Waals surface area contributed by atoms with E-state index in [4.69, 9.17) is 0 Å². The van der Waals surface area contributed by atoms with Gasteiger partial charge in [0.1, 0.15) is 0 Å². The molecule has 2 heteroatoms. The van der Waals surface area contributed by atoms with Crippen molar-refractivity contribution in [2.75, 3.05) is 13.1 Å². The minimum absolute atomic E-state index is 0.457. The zero-order valence-corrected chi connectivity index (χ0v) is 8.64. The highest BCUT2D eigenvalue weighted by atomic mass is 32.1. The number of hydrogen-bond donors (Lipinski definition) is 1. The van der Waals surface area contributed by atoms with Crippen LogP contribution in [0.1, 0.15) is 27.2 Å². The van der Waals surface area contributed by atoms with Crippen molar-refractivity contribution in [2.24, 2.45) is 11.8 Å². The quantitative estimate of drug-likeness (QED) is 0.641. The number of thiol groups is 1. The van der Waals surface area contributed by atoms with E-state index in [9.17, 15) is 0 Å². The van der Waals surface area contributed by atoms with E-state index >= 15 is 0 Å². The van der Waals surface area contributed by atoms with Crippen LogP contribution >= 0.6 is 12.6 Å². The van der Waals surface area contributed by atoms with Crippen LogP contribution in [-0.4, -0.2) is 23.4 Å². The summed E-state index contributed by atoms with van der Waals surface area (Å²) in [6.07, 6.45) is 1.39. The molecule has 0 amide bonds. The third-order valence-corrected chi connectivity index (χ3v) is 2.65. The molecule has 1 nitrogen and oxygen atoms in total. The third-order valence-electron chi connectivity index (χ3n) is 2.32. The van der Waals surface area contributed by atoms with E-state index in [0.29, 0.717) is 5.37 Å². The van der Waals surface area contributed by atoms with E-state index in [1.165, 1.54) is 19.5 Å². The van der Waals surface area contributed by atoms with Gasteiger partial charge >= 0.3 is 0 Å². The second-order valence-corrected chi connectivity index (χ2v) is 4.83. The van der Waals surface area contributed by atoms with Crippen LogP contribution in [0.25, 0.3) is 0 Å². The van der Waals surface area contributed by atoms with E-state index in [1.54, 1.807) is 0 Å². The van der Waals surface area contributed by atoms with Gasteiger partial charge in [0.2, 0.25) is 0 Å². The van der Waals surface area contributed by atoms with Crippen LogP contribution in [0, 0.1) is 11.8 Å². The normalized spacial score (nSPS) is 23.7. The van der Waals surface area contributed by atoms with Crippen molar-refractivity contribution in [3.05, 3.63) is 0 Å². The first kappa shape index (κ1) is 9.40. The second kappa shape index (κ2) is 3.81. The van der Waals surface area contributed by atoms with Crippen LogP contribution < -0.4 is 0 Å². The predicted octanol–water partition coefficient (Wildman–Crippen LogP) is 2.24. The molecule has 0 aliphatic carbocycles. The summed E-state index contributed by atoms with van der Waals surface area (Å²) in [6.45, 7) is 9.28. The van der Waals surface area contributed by atoms with Gasteiger partial charge in [-0.05, 0) is 25.2 Å². The van der Waals surface area contributed by atoms with Gasteiger partial charge in [0, 0.05) is 18.5 Å². The van der Waals surface area contributed by atoms with Gasteiger partial charge in [-0.2, -0.15) is 12.6 Å². The van der Waals surface area contributed by atoms with Crippen molar-refractivity contribution in [3.8, 4) is 0 Å². The predicted molar refractivity (Wildman–Crippen MR) is 53.0 cm³/mol. The van der Waals surface area contributed by atoms with Crippen LogP contribution in [0.3, 0.4) is 0 Å². The molecule has 1 aliphatic rings. The average Bonchev–Trinajstić information content (AvgIpc) is 1.75. The molecule has 0 N–H and O–H groups in total. The Kier molecular flexibility index (Phi) is 3.26. The lowest BCUT2D eigenvalue weighted by atomic mass is 9.90. The van der Waals surface area contributed by atoms with Gasteiger partial charge in [-0.1, -0.05) is 13.8 Å². The Morgan fingerprint density at radius 3 is 2.27 bits per heavy atom. The summed E-state index contributed by atoms with van der Waals surface area (Å²) < 4.78 is 0. The molecule has 0 spiro atoms. The smallest absolute Gasteiger partial charge is 0.0499 e. The molecular weight excluding hydrogens is 154 g/mol. The molecule has 0 bridgehead atoms. The maximum absolute atomic E-state index is 4.38. The highest BCUT2D eigenvalue weighted by molar-refractivity contribution is 7.80. The van der Waals surface area contributed by atoms with Gasteiger partial charge in [-0.25, -0.2) is 0 Å². The minimum atomic E-state index is 0.457. The molecule has 1 atom stereocenters. The topological polar surface area (TPSA) is 3.24 Å². The molecule has 0 radical (unpaired) electrons. The molecule has 1 unspecified atom stereocenters. The largest absolute Gasteiger partial charge is 0.291 e. The van der Waals surface area contributed by atoms with Crippen LogP contribution in [-0.2, 0) is 0 Å². The molecule has 0 saturated carbocycles. The molecule has 0 aromatic rings. The molecule has 1 aliphatic heterocycles. The van der Waals surface area contributed by atoms with Crippen LogP contribution in [0.15, 0.2) is 0 Å². The lowest BCUT2D eigenvalue weighted by molar-refractivity contribution is 0.0803. The van der Waals surface area contributed by atoms with Crippen molar-refractivity contribution >= 4 is 12.6 Å². The van der Waals surface area contributed by atoms with E-state index in [0.717, 1.165) is 11.8 Å². The number of hydrogen-bond acceptors (Lipinski definition) is 2. The first-order valence-corrected chi connectivity index (χ1v) is 5.03. The highest BCUT2D eigenvalue weighted by Crippen LogP contribution is 2.25. The van der Waals surface area contributed by atoms with Gasteiger partial charge in [-0.15, -0.1) is 0 Å². The number of rotatable bonds is 3. The Morgan fingerprint density at radius 1 is 1.36 bits per heavy atom. The molecule has 1 fully saturated rings. The van der Waals surface area contributed by atoms with E-state index in [1.807, 2.05) is 0 Å². The van der Waals surface area contributed by atoms with E-state index in [2.05, 4.69) is 38.3 Å². The lowest BCUT2D eigenvalue weighted by Gasteiger charge is -2.42. The third kappa shape index (κ3) is 2.68. The number of likely N-dealkylation sites (tertiary alicyclic amines) is 1. The Bertz CT molecular complexity index is 117. The molecule has 1 heterocycles. The van der Waals surface area contributed by atoms with Crippen LogP contribution in [0.2, 0.25) is 0 Å². The molecular formula is C9H19NS. The molecule has 0 aromatic carbocycles. The first-order chi connectivity index (χ1) is 5.09. The summed E-state index contributed by atoms with van der Waals surface area (Å²) >= 11 is 4.38. The first-order valence-electron chi connectivity index (χ1n) is 4.51. The molecule has 1 rings (SSSR count). The number of nitrogens with zero attached hydrogens (tertiary/aromatic N) is 1. The Hall–Kier alpha value is 0.310. The van der Waals surface area contributed by atoms with Gasteiger partial charge < -0.3 is 0 Å². The van der Waals surface area contributed by atoms with Crippen molar-refractivity contribution < 1.29 is 0 Å². The summed E-state index contributed by atoms with van der Waals surface area (Å²) in [4.78, 5) is 2.41. The Labute approximate surface area is 75.6 Å². The molecule has 66 valence electrons. The van der Waals surface area contributed by atoms with E-state index < -0.39 is 0 Å². The van der Waals surface area contributed by atoms with Gasteiger partial charge in [0.05, 0.1) is 0 Å². The minimum Gasteiger partial charge on any atom is -0.291 e. The summed E-state index contributed by atoms with van der Waals surface area (Å²) in [7, 11) is 0. The fraction of sp³-hybridized carbons (Fsp3) is 1.00. The van der Waals surface area contributed by atoms with Crippen LogP contribution in [0.5, 0.6) is 0 Å². The SMILES string of the molecule is CC(C)CC1CN(C(C)S)C1. The van der Waals surface area contributed by atoms with Crippen molar-refractivity contribution in [1.82, 2.24) is 4.90 Å². The zero-order valence-electron chi connectivity index (χ0n) is 7.75. The van der Waals surface area contributed by atoms with Crippen molar-refractivity contribution in [3.63, 3.8) is 0 Å². The van der Waals surface area contributed by atoms with Gasteiger partial charge in [0.25, 0.3) is 0 Å². The second-order valence-electron chi connectivity index (χ2n) is 4.08. The van der Waals surface area contributed by atoms with Gasteiger partial charge in [-0.3, -0.25) is 4.90 Å². The van der Waals surface area contributed by atoms with E-state index in [-0.39, 0.29) is 0 Å². The molecule has 11 heavy (non-hydrogen) atoms. The van der Waals surface area contributed by atoms with Crippen molar-refractivity contribution in [1.29, 1.82) is 0 Å². The fourth-order valence-corrected chi connectivity index (χ4v) is 1.92. The Morgan fingerprint density at radius 2 is 1.91 bits per heavy atom. The molecule has 0 aromatic heterocycles. The standard InChI is InChI=1S/C9H19NS/c1-7(2)4-9-5-10(6-9)8(3)11/h7-9,11H,4-6H2,1-3H3. The zero-order chi connectivity index (χ0) is 8.43. The lowest BCUT2D eigenvalue weighted by Crippen LogP contribution is -2.49. The summed E-state index contributed by atoms with van der Waals surface area (Å²) in [5.41, 5.74) is 0. The van der Waals surface area contributed by atoms with Crippen molar-refractivity contribution in [2.45, 2.75) is 32.6 Å². The Balaban J connectivity index is 2.09. The maximum Gasteiger partial charge on any atom is 0.0499 e. The highest BCUT2D eigenvalue weighted by Gasteiger charge is 2.28. The summed E-state index contributed by atoms with van der Waals surface area (Å²) in [5.74, 6) is 1.81.